The highest BCUT2D eigenvalue weighted by molar-refractivity contribution is 8.04. The molecule has 1 amide bonds. The van der Waals surface area contributed by atoms with E-state index in [1.807, 2.05) is 0 Å². The van der Waals surface area contributed by atoms with Crippen LogP contribution in [0.5, 0.6) is 0 Å². The van der Waals surface area contributed by atoms with E-state index < -0.39 is 44.7 Å². The lowest BCUT2D eigenvalue weighted by atomic mass is 10.2. The average molecular weight is 517 g/mol. The van der Waals surface area contributed by atoms with E-state index in [1.54, 1.807) is 30.3 Å². The van der Waals surface area contributed by atoms with E-state index in [9.17, 15) is 26.8 Å². The topological polar surface area (TPSA) is 113 Å². The summed E-state index contributed by atoms with van der Waals surface area (Å²) in [6.07, 6.45) is 1.65. The largest absolute Gasteiger partial charge is 0.480 e. The summed E-state index contributed by atoms with van der Waals surface area (Å²) in [6, 6.07) is 14.1. The van der Waals surface area contributed by atoms with E-state index in [-0.39, 0.29) is 17.1 Å². The Labute approximate surface area is 203 Å². The van der Waals surface area contributed by atoms with Gasteiger partial charge in [0.1, 0.15) is 18.2 Å². The molecular weight excluding hydrogens is 498 g/mol. The van der Waals surface area contributed by atoms with E-state index in [4.69, 9.17) is 5.11 Å². The number of fused-ring (bicyclic) bond motifs is 1. The zero-order valence-corrected chi connectivity index (χ0v) is 19.6. The van der Waals surface area contributed by atoms with Crippen LogP contribution in [0.15, 0.2) is 75.4 Å². The molecule has 0 aliphatic carbocycles. The van der Waals surface area contributed by atoms with Gasteiger partial charge in [-0.05, 0) is 54.1 Å². The molecule has 0 bridgehead atoms. The lowest BCUT2D eigenvalue weighted by Crippen LogP contribution is -2.18. The predicted molar refractivity (Wildman–Crippen MR) is 129 cm³/mol. The van der Waals surface area contributed by atoms with Crippen molar-refractivity contribution in [3.63, 3.8) is 0 Å². The van der Waals surface area contributed by atoms with Crippen molar-refractivity contribution in [1.29, 1.82) is 0 Å². The van der Waals surface area contributed by atoms with Crippen LogP contribution in [0.1, 0.15) is 11.1 Å². The third-order valence-corrected chi connectivity index (χ3v) is 7.79. The van der Waals surface area contributed by atoms with Gasteiger partial charge in [-0.1, -0.05) is 30.0 Å². The Morgan fingerprint density at radius 1 is 1.06 bits per heavy atom. The lowest BCUT2D eigenvalue weighted by molar-refractivity contribution is -0.135. The van der Waals surface area contributed by atoms with Crippen molar-refractivity contribution in [2.24, 2.45) is 0 Å². The molecule has 0 saturated heterocycles. The Morgan fingerprint density at radius 3 is 2.40 bits per heavy atom. The maximum Gasteiger partial charge on any atom is 0.322 e. The van der Waals surface area contributed by atoms with Crippen LogP contribution in [0.3, 0.4) is 0 Å². The Hall–Kier alpha value is -3.70. The van der Waals surface area contributed by atoms with Gasteiger partial charge < -0.3 is 15.7 Å². The van der Waals surface area contributed by atoms with E-state index >= 15 is 0 Å². The summed E-state index contributed by atoms with van der Waals surface area (Å²) < 4.78 is 53.5. The summed E-state index contributed by atoms with van der Waals surface area (Å²) in [6.45, 7) is -0.220. The minimum atomic E-state index is -4.08. The number of aliphatic carboxylic acids is 1. The maximum absolute atomic E-state index is 13.9. The fourth-order valence-electron chi connectivity index (χ4n) is 3.30. The first kappa shape index (κ1) is 24.4. The summed E-state index contributed by atoms with van der Waals surface area (Å²) in [5, 5.41) is 14.1. The van der Waals surface area contributed by atoms with Gasteiger partial charge in [0.25, 0.3) is 5.91 Å². The molecule has 0 radical (unpaired) electrons. The number of sulfone groups is 1. The fraction of sp³-hybridized carbons (Fsp3) is 0.0833. The third kappa shape index (κ3) is 5.69. The van der Waals surface area contributed by atoms with E-state index in [2.05, 4.69) is 10.6 Å². The number of halogens is 2. The summed E-state index contributed by atoms with van der Waals surface area (Å²) >= 11 is 1.15. The molecule has 3 N–H and O–H groups in total. The van der Waals surface area contributed by atoms with Crippen LogP contribution in [0.25, 0.3) is 6.08 Å². The molecule has 0 saturated carbocycles. The number of carboxylic acids is 1. The summed E-state index contributed by atoms with van der Waals surface area (Å²) in [7, 11) is -4.08. The van der Waals surface area contributed by atoms with Crippen LogP contribution in [0.2, 0.25) is 0 Å². The van der Waals surface area contributed by atoms with E-state index in [1.165, 1.54) is 18.2 Å². The normalized spacial score (nSPS) is 14.3. The number of carbonyl (C=O) groups is 2. The van der Waals surface area contributed by atoms with Gasteiger partial charge in [0.2, 0.25) is 0 Å². The molecule has 0 aromatic heterocycles. The number of carboxylic acid groups (broad SMARTS) is 1. The number of rotatable bonds is 7. The van der Waals surface area contributed by atoms with Crippen LogP contribution in [-0.4, -0.2) is 31.9 Å². The van der Waals surface area contributed by atoms with Gasteiger partial charge in [-0.25, -0.2) is 17.2 Å². The van der Waals surface area contributed by atoms with Crippen LogP contribution in [0, 0.1) is 11.6 Å². The van der Waals surface area contributed by atoms with Crippen molar-refractivity contribution < 1.29 is 31.9 Å². The summed E-state index contributed by atoms with van der Waals surface area (Å²) in [4.78, 5) is 24.1. The van der Waals surface area contributed by atoms with Crippen LogP contribution >= 0.6 is 11.8 Å². The summed E-state index contributed by atoms with van der Waals surface area (Å²) in [5.74, 6) is -4.18. The molecule has 1 aliphatic rings. The molecule has 1 aliphatic heterocycles. The van der Waals surface area contributed by atoms with Crippen LogP contribution in [-0.2, 0) is 25.2 Å². The number of hydrogen-bond acceptors (Lipinski definition) is 6. The molecule has 0 atom stereocenters. The Balaban J connectivity index is 1.53. The van der Waals surface area contributed by atoms with Crippen molar-refractivity contribution in [1.82, 2.24) is 0 Å². The predicted octanol–water partition coefficient (Wildman–Crippen LogP) is 4.52. The molecule has 11 heteroatoms. The highest BCUT2D eigenvalue weighted by Crippen LogP contribution is 2.40. The standard InChI is InChI=1S/C24H18F2N2O5S2/c25-18-2-1-3-19(26)17(18)13-35(32,33)16-8-9-21-20(11-16)28-24(31)22(34-21)10-14-4-6-15(7-5-14)27-12-23(29)30/h1-11,27H,12-13H2,(H,28,31)(H,29,30). The minimum absolute atomic E-state index is 0.170. The van der Waals surface area contributed by atoms with Crippen molar-refractivity contribution >= 4 is 50.9 Å². The fourth-order valence-corrected chi connectivity index (χ4v) is 5.63. The highest BCUT2D eigenvalue weighted by Gasteiger charge is 2.25. The number of nitrogens with one attached hydrogen (secondary N) is 2. The third-order valence-electron chi connectivity index (χ3n) is 5.05. The van der Waals surface area contributed by atoms with Gasteiger partial charge in [0, 0.05) is 16.1 Å². The van der Waals surface area contributed by atoms with Crippen molar-refractivity contribution in [2.45, 2.75) is 15.5 Å². The molecule has 3 aromatic rings. The first-order valence-corrected chi connectivity index (χ1v) is 12.7. The molecule has 4 rings (SSSR count). The van der Waals surface area contributed by atoms with Crippen LogP contribution in [0.4, 0.5) is 20.2 Å². The molecule has 180 valence electrons. The number of amides is 1. The number of thioether (sulfide) groups is 1. The van der Waals surface area contributed by atoms with Gasteiger partial charge in [-0.2, -0.15) is 0 Å². The first-order chi connectivity index (χ1) is 16.6. The average Bonchev–Trinajstić information content (AvgIpc) is 2.81. The van der Waals surface area contributed by atoms with Gasteiger partial charge in [-0.3, -0.25) is 9.59 Å². The quantitative estimate of drug-likeness (QED) is 0.396. The van der Waals surface area contributed by atoms with E-state index in [0.29, 0.717) is 21.1 Å². The zero-order chi connectivity index (χ0) is 25.2. The van der Waals surface area contributed by atoms with Crippen LogP contribution < -0.4 is 10.6 Å². The molecule has 0 spiro atoms. The molecule has 0 unspecified atom stereocenters. The van der Waals surface area contributed by atoms with Gasteiger partial charge in [0.15, 0.2) is 9.84 Å². The Morgan fingerprint density at radius 2 is 1.74 bits per heavy atom. The molecule has 3 aromatic carbocycles. The molecular formula is C24H18F2N2O5S2. The number of anilines is 2. The lowest BCUT2D eigenvalue weighted by Gasteiger charge is -2.19. The van der Waals surface area contributed by atoms with Crippen molar-refractivity contribution in [3.8, 4) is 0 Å². The van der Waals surface area contributed by atoms with Gasteiger partial charge in [0.05, 0.1) is 21.2 Å². The molecule has 35 heavy (non-hydrogen) atoms. The maximum atomic E-state index is 13.9. The van der Waals surface area contributed by atoms with Crippen molar-refractivity contribution in [3.05, 3.63) is 88.3 Å². The highest BCUT2D eigenvalue weighted by atomic mass is 32.2. The first-order valence-electron chi connectivity index (χ1n) is 10.2. The zero-order valence-electron chi connectivity index (χ0n) is 17.9. The molecule has 1 heterocycles. The second-order valence-corrected chi connectivity index (χ2v) is 10.6. The Bertz CT molecular complexity index is 1430. The smallest absolute Gasteiger partial charge is 0.322 e. The SMILES string of the molecule is O=C(O)CNc1ccc(C=C2Sc3ccc(S(=O)(=O)Cc4c(F)cccc4F)cc3NC2=O)cc1. The Kier molecular flexibility index (Phi) is 6.90. The minimum Gasteiger partial charge on any atom is -0.480 e. The molecule has 7 nitrogen and oxygen atoms in total. The molecule has 0 fully saturated rings. The van der Waals surface area contributed by atoms with Crippen molar-refractivity contribution in [2.75, 3.05) is 17.2 Å². The van der Waals surface area contributed by atoms with Gasteiger partial charge >= 0.3 is 5.97 Å². The number of benzene rings is 3. The number of carbonyl (C=O) groups excluding carboxylic acids is 1. The second-order valence-electron chi connectivity index (χ2n) is 7.55. The monoisotopic (exact) mass is 516 g/mol. The second kappa shape index (κ2) is 9.88. The number of hydrogen-bond donors (Lipinski definition) is 3. The van der Waals surface area contributed by atoms with E-state index in [0.717, 1.165) is 30.0 Å². The van der Waals surface area contributed by atoms with Gasteiger partial charge in [-0.15, -0.1) is 0 Å². The summed E-state index contributed by atoms with van der Waals surface area (Å²) in [5.41, 5.74) is 1.06.